The molecule has 1 aliphatic rings. The van der Waals surface area contributed by atoms with Crippen LogP contribution < -0.4 is 4.90 Å². The van der Waals surface area contributed by atoms with Crippen molar-refractivity contribution < 1.29 is 19.2 Å². The van der Waals surface area contributed by atoms with Gasteiger partial charge in [-0.25, -0.2) is 0 Å². The first-order valence-electron chi connectivity index (χ1n) is 8.26. The number of non-ortho nitro benzene ring substituents is 1. The number of esters is 1. The Bertz CT molecular complexity index is 666. The molecule has 1 aliphatic heterocycles. The molecule has 1 heterocycles. The predicted molar refractivity (Wildman–Crippen MR) is 92.7 cm³/mol. The SMILES string of the molecule is CCOC(=O)C1CCN(C(=O)c2cc([N+](=O)[O-])ccc2N(C)C)CC1. The molecule has 25 heavy (non-hydrogen) atoms. The van der Waals surface area contributed by atoms with Crippen molar-refractivity contribution in [3.05, 3.63) is 33.9 Å². The Balaban J connectivity index is 2.17. The molecule has 0 N–H and O–H groups in total. The van der Waals surface area contributed by atoms with E-state index in [0.717, 1.165) is 0 Å². The van der Waals surface area contributed by atoms with Gasteiger partial charge in [-0.3, -0.25) is 19.7 Å². The fourth-order valence-corrected chi connectivity index (χ4v) is 2.95. The minimum atomic E-state index is -0.511. The third-order valence-electron chi connectivity index (χ3n) is 4.31. The van der Waals surface area contributed by atoms with Gasteiger partial charge in [-0.2, -0.15) is 0 Å². The van der Waals surface area contributed by atoms with E-state index in [0.29, 0.717) is 43.8 Å². The van der Waals surface area contributed by atoms with E-state index in [1.54, 1.807) is 36.9 Å². The van der Waals surface area contributed by atoms with Gasteiger partial charge >= 0.3 is 5.97 Å². The second-order valence-electron chi connectivity index (χ2n) is 6.17. The number of anilines is 1. The first-order valence-corrected chi connectivity index (χ1v) is 8.26. The Morgan fingerprint density at radius 2 is 1.96 bits per heavy atom. The van der Waals surface area contributed by atoms with Crippen LogP contribution in [0.5, 0.6) is 0 Å². The smallest absolute Gasteiger partial charge is 0.309 e. The number of nitro groups is 1. The van der Waals surface area contributed by atoms with E-state index in [2.05, 4.69) is 0 Å². The van der Waals surface area contributed by atoms with E-state index in [-0.39, 0.29) is 23.5 Å². The summed E-state index contributed by atoms with van der Waals surface area (Å²) < 4.78 is 5.03. The van der Waals surface area contributed by atoms with Crippen LogP contribution in [0.3, 0.4) is 0 Å². The Labute approximate surface area is 146 Å². The van der Waals surface area contributed by atoms with Gasteiger partial charge in [0.15, 0.2) is 0 Å². The van der Waals surface area contributed by atoms with Gasteiger partial charge in [0.1, 0.15) is 0 Å². The van der Waals surface area contributed by atoms with Crippen LogP contribution in [-0.2, 0) is 9.53 Å². The zero-order valence-corrected chi connectivity index (χ0v) is 14.7. The van der Waals surface area contributed by atoms with Crippen molar-refractivity contribution in [1.82, 2.24) is 4.90 Å². The predicted octanol–water partition coefficient (Wildman–Crippen LogP) is 2.08. The number of hydrogen-bond donors (Lipinski definition) is 0. The summed E-state index contributed by atoms with van der Waals surface area (Å²) in [6.45, 7) is 2.97. The number of piperidine rings is 1. The number of carbonyl (C=O) groups is 2. The maximum atomic E-state index is 12.9. The van der Waals surface area contributed by atoms with Gasteiger partial charge in [0.2, 0.25) is 0 Å². The van der Waals surface area contributed by atoms with Crippen LogP contribution >= 0.6 is 0 Å². The number of benzene rings is 1. The van der Waals surface area contributed by atoms with Crippen LogP contribution in [0.15, 0.2) is 18.2 Å². The molecule has 1 aromatic carbocycles. The van der Waals surface area contributed by atoms with Crippen molar-refractivity contribution in [2.45, 2.75) is 19.8 Å². The van der Waals surface area contributed by atoms with Crippen LogP contribution in [0.4, 0.5) is 11.4 Å². The lowest BCUT2D eigenvalue weighted by molar-refractivity contribution is -0.384. The number of nitro benzene ring substituents is 1. The van der Waals surface area contributed by atoms with Crippen LogP contribution in [0, 0.1) is 16.0 Å². The molecule has 0 unspecified atom stereocenters. The van der Waals surface area contributed by atoms with Crippen LogP contribution in [0.2, 0.25) is 0 Å². The lowest BCUT2D eigenvalue weighted by Gasteiger charge is -2.31. The van der Waals surface area contributed by atoms with Crippen molar-refractivity contribution in [1.29, 1.82) is 0 Å². The topological polar surface area (TPSA) is 93.0 Å². The Morgan fingerprint density at radius 1 is 1.32 bits per heavy atom. The Morgan fingerprint density at radius 3 is 2.48 bits per heavy atom. The van der Waals surface area contributed by atoms with Gasteiger partial charge in [0.05, 0.1) is 23.0 Å². The van der Waals surface area contributed by atoms with E-state index in [1.807, 2.05) is 0 Å². The maximum Gasteiger partial charge on any atom is 0.309 e. The zero-order valence-electron chi connectivity index (χ0n) is 14.7. The molecule has 0 saturated carbocycles. The van der Waals surface area contributed by atoms with E-state index in [9.17, 15) is 19.7 Å². The molecule has 0 spiro atoms. The summed E-state index contributed by atoms with van der Waals surface area (Å²) in [6.07, 6.45) is 1.08. The summed E-state index contributed by atoms with van der Waals surface area (Å²) in [6, 6.07) is 4.28. The van der Waals surface area contributed by atoms with E-state index < -0.39 is 4.92 Å². The number of amides is 1. The molecular formula is C17H23N3O5. The molecule has 8 heteroatoms. The fourth-order valence-electron chi connectivity index (χ4n) is 2.95. The summed E-state index contributed by atoms with van der Waals surface area (Å²) >= 11 is 0. The maximum absolute atomic E-state index is 12.9. The van der Waals surface area contributed by atoms with Gasteiger partial charge < -0.3 is 14.5 Å². The van der Waals surface area contributed by atoms with Crippen molar-refractivity contribution >= 4 is 23.3 Å². The molecule has 0 atom stereocenters. The summed E-state index contributed by atoms with van der Waals surface area (Å²) in [5, 5.41) is 11.0. The average molecular weight is 349 g/mol. The molecule has 0 aliphatic carbocycles. The van der Waals surface area contributed by atoms with Crippen LogP contribution in [-0.4, -0.2) is 55.5 Å². The third kappa shape index (κ3) is 4.26. The molecule has 2 rings (SSSR count). The first-order chi connectivity index (χ1) is 11.8. The summed E-state index contributed by atoms with van der Waals surface area (Å²) in [5.41, 5.74) is 0.812. The molecule has 1 amide bonds. The lowest BCUT2D eigenvalue weighted by Crippen LogP contribution is -2.41. The minimum absolute atomic E-state index is 0.115. The number of rotatable bonds is 5. The fraction of sp³-hybridized carbons (Fsp3) is 0.529. The Hall–Kier alpha value is -2.64. The third-order valence-corrected chi connectivity index (χ3v) is 4.31. The van der Waals surface area contributed by atoms with Crippen molar-refractivity contribution in [3.8, 4) is 0 Å². The normalized spacial score (nSPS) is 14.9. The van der Waals surface area contributed by atoms with Crippen molar-refractivity contribution in [3.63, 3.8) is 0 Å². The summed E-state index contributed by atoms with van der Waals surface area (Å²) in [7, 11) is 3.57. The highest BCUT2D eigenvalue weighted by molar-refractivity contribution is 6.00. The number of nitrogens with zero attached hydrogens (tertiary/aromatic N) is 3. The average Bonchev–Trinajstić information content (AvgIpc) is 2.60. The van der Waals surface area contributed by atoms with E-state index in [4.69, 9.17) is 4.74 Å². The molecule has 0 radical (unpaired) electrons. The number of likely N-dealkylation sites (tertiary alicyclic amines) is 1. The van der Waals surface area contributed by atoms with Gasteiger partial charge in [-0.15, -0.1) is 0 Å². The van der Waals surface area contributed by atoms with Crippen molar-refractivity contribution in [2.24, 2.45) is 5.92 Å². The monoisotopic (exact) mass is 349 g/mol. The minimum Gasteiger partial charge on any atom is -0.466 e. The summed E-state index contributed by atoms with van der Waals surface area (Å²) in [4.78, 5) is 38.6. The van der Waals surface area contributed by atoms with E-state index >= 15 is 0 Å². The van der Waals surface area contributed by atoms with Crippen LogP contribution in [0.1, 0.15) is 30.1 Å². The molecule has 1 fully saturated rings. The second kappa shape index (κ2) is 7.96. The highest BCUT2D eigenvalue weighted by atomic mass is 16.6. The lowest BCUT2D eigenvalue weighted by atomic mass is 9.96. The van der Waals surface area contributed by atoms with E-state index in [1.165, 1.54) is 12.1 Å². The van der Waals surface area contributed by atoms with Gasteiger partial charge in [-0.05, 0) is 25.8 Å². The molecule has 0 aromatic heterocycles. The number of carbonyl (C=O) groups excluding carboxylic acids is 2. The van der Waals surface area contributed by atoms with Gasteiger partial charge in [0, 0.05) is 45.0 Å². The molecule has 8 nitrogen and oxygen atoms in total. The number of ether oxygens (including phenoxy) is 1. The molecule has 0 bridgehead atoms. The van der Waals surface area contributed by atoms with Crippen LogP contribution in [0.25, 0.3) is 0 Å². The second-order valence-corrected chi connectivity index (χ2v) is 6.17. The van der Waals surface area contributed by atoms with Gasteiger partial charge in [-0.1, -0.05) is 0 Å². The molecule has 1 aromatic rings. The highest BCUT2D eigenvalue weighted by Gasteiger charge is 2.30. The largest absolute Gasteiger partial charge is 0.466 e. The Kier molecular flexibility index (Phi) is 5.95. The van der Waals surface area contributed by atoms with Crippen molar-refractivity contribution in [2.75, 3.05) is 38.7 Å². The van der Waals surface area contributed by atoms with Gasteiger partial charge in [0.25, 0.3) is 11.6 Å². The first kappa shape index (κ1) is 18.7. The standard InChI is InChI=1S/C17H23N3O5/c1-4-25-17(22)12-7-9-19(10-8-12)16(21)14-11-13(20(23)24)5-6-15(14)18(2)3/h5-6,11-12H,4,7-10H2,1-3H3. The summed E-state index contributed by atoms with van der Waals surface area (Å²) in [5.74, 6) is -0.670. The highest BCUT2D eigenvalue weighted by Crippen LogP contribution is 2.27. The molecule has 1 saturated heterocycles. The number of hydrogen-bond acceptors (Lipinski definition) is 6. The quantitative estimate of drug-likeness (QED) is 0.459. The molecule has 136 valence electrons. The molecular weight excluding hydrogens is 326 g/mol. The zero-order chi connectivity index (χ0) is 18.6.